The van der Waals surface area contributed by atoms with Crippen LogP contribution in [0.1, 0.15) is 84.2 Å². The molecule has 2 unspecified atom stereocenters. The minimum absolute atomic E-state index is 0.00170. The van der Waals surface area contributed by atoms with Gasteiger partial charge >= 0.3 is 0 Å². The predicted molar refractivity (Wildman–Crippen MR) is 139 cm³/mol. The maximum absolute atomic E-state index is 13.2. The number of aryl methyl sites for hydroxylation is 1. The van der Waals surface area contributed by atoms with E-state index < -0.39 is 0 Å². The molecule has 2 aliphatic heterocycles. The van der Waals surface area contributed by atoms with Crippen LogP contribution in [0.3, 0.4) is 0 Å². The zero-order valence-corrected chi connectivity index (χ0v) is 20.8. The fourth-order valence-corrected chi connectivity index (χ4v) is 6.80. The molecule has 182 valence electrons. The average molecular weight is 470 g/mol. The van der Waals surface area contributed by atoms with Gasteiger partial charge in [0.05, 0.1) is 7.11 Å². The molecular formula is C30H35N3O2. The molecule has 1 saturated heterocycles. The van der Waals surface area contributed by atoms with Gasteiger partial charge in [0.25, 0.3) is 5.91 Å². The Morgan fingerprint density at radius 1 is 0.971 bits per heavy atom. The zero-order chi connectivity index (χ0) is 23.9. The van der Waals surface area contributed by atoms with Gasteiger partial charge in [0, 0.05) is 34.8 Å². The largest absolute Gasteiger partial charge is 0.494 e. The first-order valence-corrected chi connectivity index (χ1v) is 13.2. The van der Waals surface area contributed by atoms with Gasteiger partial charge in [-0.1, -0.05) is 30.3 Å². The van der Waals surface area contributed by atoms with Crippen LogP contribution in [0, 0.1) is 12.8 Å². The third-order valence-electron chi connectivity index (χ3n) is 8.63. The number of ether oxygens (including phenoxy) is 1. The molecule has 5 heteroatoms. The number of rotatable bonds is 6. The van der Waals surface area contributed by atoms with Crippen LogP contribution >= 0.6 is 0 Å². The normalized spacial score (nSPS) is 25.5. The van der Waals surface area contributed by atoms with Crippen molar-refractivity contribution in [2.45, 2.75) is 70.0 Å². The summed E-state index contributed by atoms with van der Waals surface area (Å²) < 4.78 is 5.48. The summed E-state index contributed by atoms with van der Waals surface area (Å²) in [6, 6.07) is 18.2. The number of carbonyl (C=O) groups is 1. The first-order chi connectivity index (χ1) is 17.1. The number of amides is 1. The fourth-order valence-electron chi connectivity index (χ4n) is 6.80. The summed E-state index contributed by atoms with van der Waals surface area (Å²) in [5.74, 6) is 1.47. The number of aromatic nitrogens is 1. The summed E-state index contributed by atoms with van der Waals surface area (Å²) in [5.41, 5.74) is 5.50. The Bertz CT molecular complexity index is 1220. The molecule has 3 heterocycles. The first kappa shape index (κ1) is 22.5. The van der Waals surface area contributed by atoms with Crippen LogP contribution in [0.2, 0.25) is 0 Å². The van der Waals surface area contributed by atoms with Gasteiger partial charge in [-0.15, -0.1) is 0 Å². The van der Waals surface area contributed by atoms with Crippen molar-refractivity contribution >= 4 is 16.8 Å². The molecular weight excluding hydrogens is 434 g/mol. The number of pyridine rings is 1. The quantitative estimate of drug-likeness (QED) is 0.472. The van der Waals surface area contributed by atoms with E-state index in [0.29, 0.717) is 23.4 Å². The smallest absolute Gasteiger partial charge is 0.252 e. The van der Waals surface area contributed by atoms with Gasteiger partial charge in [-0.05, 0) is 93.7 Å². The van der Waals surface area contributed by atoms with E-state index in [1.54, 1.807) is 18.2 Å². The Kier molecular flexibility index (Phi) is 5.97. The highest BCUT2D eigenvalue weighted by molar-refractivity contribution is 6.07. The molecule has 0 radical (unpaired) electrons. The third kappa shape index (κ3) is 4.10. The lowest BCUT2D eigenvalue weighted by Crippen LogP contribution is -2.38. The van der Waals surface area contributed by atoms with Crippen LogP contribution < -0.4 is 10.1 Å². The number of fused-ring (bicyclic) bond motifs is 6. The van der Waals surface area contributed by atoms with E-state index in [9.17, 15) is 4.79 Å². The third-order valence-corrected chi connectivity index (χ3v) is 8.63. The highest BCUT2D eigenvalue weighted by Gasteiger charge is 2.43. The summed E-state index contributed by atoms with van der Waals surface area (Å²) in [6.45, 7) is 3.16. The van der Waals surface area contributed by atoms with Crippen molar-refractivity contribution in [1.82, 2.24) is 15.2 Å². The van der Waals surface area contributed by atoms with Crippen molar-refractivity contribution in [2.75, 3.05) is 13.7 Å². The molecule has 2 bridgehead atoms. The highest BCUT2D eigenvalue weighted by Crippen LogP contribution is 2.53. The van der Waals surface area contributed by atoms with Gasteiger partial charge in [0.15, 0.2) is 0 Å². The molecule has 1 N–H and O–H groups in total. The lowest BCUT2D eigenvalue weighted by molar-refractivity contribution is 0.0920. The summed E-state index contributed by atoms with van der Waals surface area (Å²) in [6.07, 6.45) is 8.43. The van der Waals surface area contributed by atoms with Crippen molar-refractivity contribution < 1.29 is 9.53 Å². The minimum Gasteiger partial charge on any atom is -0.494 e. The monoisotopic (exact) mass is 469 g/mol. The zero-order valence-electron chi connectivity index (χ0n) is 20.8. The van der Waals surface area contributed by atoms with Crippen molar-refractivity contribution in [3.05, 3.63) is 70.9 Å². The van der Waals surface area contributed by atoms with Crippen molar-refractivity contribution in [1.29, 1.82) is 0 Å². The van der Waals surface area contributed by atoms with Crippen LogP contribution in [0.5, 0.6) is 5.75 Å². The summed E-state index contributed by atoms with van der Waals surface area (Å²) in [7, 11) is 1.64. The predicted octanol–water partition coefficient (Wildman–Crippen LogP) is 6.12. The minimum atomic E-state index is -0.00170. The van der Waals surface area contributed by atoms with E-state index in [2.05, 4.69) is 39.5 Å². The summed E-state index contributed by atoms with van der Waals surface area (Å²) >= 11 is 0. The molecule has 2 fully saturated rings. The highest BCUT2D eigenvalue weighted by atomic mass is 16.5. The molecule has 5 nitrogen and oxygen atoms in total. The Morgan fingerprint density at radius 2 is 1.69 bits per heavy atom. The molecule has 0 spiro atoms. The Hall–Kier alpha value is -2.92. The first-order valence-electron chi connectivity index (χ1n) is 13.2. The van der Waals surface area contributed by atoms with Crippen molar-refractivity contribution in [3.8, 4) is 5.75 Å². The second-order valence-electron chi connectivity index (χ2n) is 10.6. The lowest BCUT2D eigenvalue weighted by Gasteiger charge is -2.31. The van der Waals surface area contributed by atoms with Crippen molar-refractivity contribution in [3.63, 3.8) is 0 Å². The molecule has 3 aromatic rings. The molecule has 1 saturated carbocycles. The number of carbonyl (C=O) groups excluding carboxylic acids is 1. The molecule has 35 heavy (non-hydrogen) atoms. The molecule has 1 amide bonds. The standard InChI is InChI=1S/C30H35N3O2/c1-19-7-12-24-25(13-16-28(35-2)29(24)31-19)30(34)32-21-10-8-20(9-11-21)17-18-33-26-14-15-27(33)23-6-4-3-5-22(23)26/h3-7,12-13,16,20-21,26-27H,8-11,14-15,17-18H2,1-2H3,(H,32,34). The van der Waals surface area contributed by atoms with Gasteiger partial charge in [-0.3, -0.25) is 9.69 Å². The van der Waals surface area contributed by atoms with Crippen LogP contribution in [0.25, 0.3) is 10.9 Å². The maximum atomic E-state index is 13.2. The van der Waals surface area contributed by atoms with Crippen molar-refractivity contribution in [2.24, 2.45) is 5.92 Å². The van der Waals surface area contributed by atoms with Crippen LogP contribution in [0.15, 0.2) is 48.5 Å². The van der Waals surface area contributed by atoms with Crippen LogP contribution in [0.4, 0.5) is 0 Å². The Balaban J connectivity index is 1.04. The van der Waals surface area contributed by atoms with Gasteiger partial charge in [-0.2, -0.15) is 0 Å². The Labute approximate surface area is 207 Å². The molecule has 2 aromatic carbocycles. The second kappa shape index (κ2) is 9.27. The number of benzene rings is 2. The number of hydrogen-bond donors (Lipinski definition) is 1. The van der Waals surface area contributed by atoms with Crippen LogP contribution in [-0.2, 0) is 0 Å². The number of nitrogens with zero attached hydrogens (tertiary/aromatic N) is 2. The van der Waals surface area contributed by atoms with Gasteiger partial charge < -0.3 is 10.1 Å². The summed E-state index contributed by atoms with van der Waals surface area (Å²) in [4.78, 5) is 20.6. The second-order valence-corrected chi connectivity index (χ2v) is 10.6. The average Bonchev–Trinajstić information content (AvgIpc) is 3.43. The van der Waals surface area contributed by atoms with Gasteiger partial charge in [-0.25, -0.2) is 4.98 Å². The van der Waals surface area contributed by atoms with Gasteiger partial charge in [0.2, 0.25) is 0 Å². The SMILES string of the molecule is COc1ccc(C(=O)NC2CCC(CCN3C4CCC3c3ccccc34)CC2)c2ccc(C)nc12. The van der Waals surface area contributed by atoms with E-state index in [1.165, 1.54) is 38.6 Å². The molecule has 1 aliphatic carbocycles. The van der Waals surface area contributed by atoms with Gasteiger partial charge in [0.1, 0.15) is 11.3 Å². The number of nitrogens with one attached hydrogen (secondary N) is 1. The molecule has 3 aliphatic rings. The van der Waals surface area contributed by atoms with E-state index in [4.69, 9.17) is 4.74 Å². The maximum Gasteiger partial charge on any atom is 0.252 e. The molecule has 6 rings (SSSR count). The number of methoxy groups -OCH3 is 1. The van der Waals surface area contributed by atoms with E-state index >= 15 is 0 Å². The topological polar surface area (TPSA) is 54.5 Å². The fraction of sp³-hybridized carbons (Fsp3) is 0.467. The Morgan fingerprint density at radius 3 is 2.37 bits per heavy atom. The van der Waals surface area contributed by atoms with E-state index in [0.717, 1.165) is 35.4 Å². The number of hydrogen-bond acceptors (Lipinski definition) is 4. The van der Waals surface area contributed by atoms with E-state index in [1.807, 2.05) is 31.2 Å². The lowest BCUT2D eigenvalue weighted by atomic mass is 9.84. The molecule has 1 aromatic heterocycles. The summed E-state index contributed by atoms with van der Waals surface area (Å²) in [5, 5.41) is 4.16. The van der Waals surface area contributed by atoms with Crippen LogP contribution in [-0.4, -0.2) is 35.5 Å². The van der Waals surface area contributed by atoms with E-state index in [-0.39, 0.29) is 11.9 Å². The molecule has 2 atom stereocenters.